The van der Waals surface area contributed by atoms with Gasteiger partial charge in [-0.15, -0.1) is 0 Å². The molecule has 0 spiro atoms. The van der Waals surface area contributed by atoms with Crippen molar-refractivity contribution in [3.05, 3.63) is 52.8 Å². The summed E-state index contributed by atoms with van der Waals surface area (Å²) in [5.41, 5.74) is 4.21. The van der Waals surface area contributed by atoms with Gasteiger partial charge in [0.1, 0.15) is 0 Å². The van der Waals surface area contributed by atoms with Gasteiger partial charge in [0.25, 0.3) is 0 Å². The third kappa shape index (κ3) is 4.44. The Morgan fingerprint density at radius 3 is 2.43 bits per heavy atom. The molecule has 2 rings (SSSR count). The molecule has 124 valence electrons. The number of nitrogens with one attached hydrogen (secondary N) is 1. The lowest BCUT2D eigenvalue weighted by Crippen LogP contribution is -2.28. The van der Waals surface area contributed by atoms with Crippen molar-refractivity contribution in [1.29, 1.82) is 0 Å². The van der Waals surface area contributed by atoms with E-state index in [2.05, 4.69) is 24.3 Å². The Hall–Kier alpha value is -2.10. The summed E-state index contributed by atoms with van der Waals surface area (Å²) in [6.45, 7) is 11.3. The van der Waals surface area contributed by atoms with Crippen LogP contribution in [-0.2, 0) is 17.8 Å². The van der Waals surface area contributed by atoms with E-state index in [0.717, 1.165) is 29.1 Å². The topological polar surface area (TPSA) is 46.9 Å². The molecular weight excluding hydrogens is 286 g/mol. The number of aryl methyl sites for hydroxylation is 1. The first-order chi connectivity index (χ1) is 10.9. The van der Waals surface area contributed by atoms with E-state index in [-0.39, 0.29) is 11.9 Å². The van der Waals surface area contributed by atoms with Gasteiger partial charge in [-0.3, -0.25) is 9.48 Å². The molecule has 0 saturated carbocycles. The first kappa shape index (κ1) is 17.3. The average molecular weight is 313 g/mol. The fourth-order valence-electron chi connectivity index (χ4n) is 2.79. The Morgan fingerprint density at radius 1 is 1.17 bits per heavy atom. The van der Waals surface area contributed by atoms with Gasteiger partial charge in [0, 0.05) is 17.8 Å². The molecule has 0 radical (unpaired) electrons. The molecule has 0 aliphatic heterocycles. The predicted molar refractivity (Wildman–Crippen MR) is 93.2 cm³/mol. The molecule has 4 heteroatoms. The number of carbonyl (C=O) groups excluding carboxylic acids is 1. The number of rotatable bonds is 6. The summed E-state index contributed by atoms with van der Waals surface area (Å²) in [6, 6.07) is 10.0. The van der Waals surface area contributed by atoms with Crippen LogP contribution in [0.1, 0.15) is 49.3 Å². The highest BCUT2D eigenvalue weighted by atomic mass is 16.1. The van der Waals surface area contributed by atoms with Gasteiger partial charge in [0.15, 0.2) is 0 Å². The number of hydrogen-bond acceptors (Lipinski definition) is 2. The summed E-state index contributed by atoms with van der Waals surface area (Å²) >= 11 is 0. The summed E-state index contributed by atoms with van der Waals surface area (Å²) in [5, 5.41) is 7.65. The van der Waals surface area contributed by atoms with Crippen molar-refractivity contribution >= 4 is 5.91 Å². The monoisotopic (exact) mass is 313 g/mol. The number of amides is 1. The van der Waals surface area contributed by atoms with E-state index in [1.807, 2.05) is 55.8 Å². The summed E-state index contributed by atoms with van der Waals surface area (Å²) in [4.78, 5) is 12.4. The summed E-state index contributed by atoms with van der Waals surface area (Å²) in [5.74, 6) is 0.574. The van der Waals surface area contributed by atoms with E-state index >= 15 is 0 Å². The molecule has 23 heavy (non-hydrogen) atoms. The highest BCUT2D eigenvalue weighted by molar-refractivity contribution is 5.79. The second-order valence-corrected chi connectivity index (χ2v) is 6.60. The van der Waals surface area contributed by atoms with Crippen molar-refractivity contribution in [2.75, 3.05) is 0 Å². The third-order valence-electron chi connectivity index (χ3n) is 4.08. The Morgan fingerprint density at radius 2 is 1.83 bits per heavy atom. The van der Waals surface area contributed by atoms with E-state index in [1.54, 1.807) is 0 Å². The van der Waals surface area contributed by atoms with Crippen molar-refractivity contribution in [2.45, 2.75) is 53.6 Å². The Kier molecular flexibility index (Phi) is 5.59. The molecule has 0 saturated heterocycles. The first-order valence-corrected chi connectivity index (χ1v) is 8.25. The zero-order valence-corrected chi connectivity index (χ0v) is 14.8. The number of carbonyl (C=O) groups is 1. The summed E-state index contributed by atoms with van der Waals surface area (Å²) in [6.07, 6.45) is 0.382. The standard InChI is InChI=1S/C19H27N3O/c1-13(2)12-22-16(5)18(15(4)21-22)11-19(23)20-14(3)17-9-7-6-8-10-17/h6-10,13-14H,11-12H2,1-5H3,(H,20,23)/t14-/m1/s1. The lowest BCUT2D eigenvalue weighted by Gasteiger charge is -2.14. The van der Waals surface area contributed by atoms with Gasteiger partial charge < -0.3 is 5.32 Å². The van der Waals surface area contributed by atoms with Crippen LogP contribution in [0.3, 0.4) is 0 Å². The first-order valence-electron chi connectivity index (χ1n) is 8.25. The van der Waals surface area contributed by atoms with Crippen LogP contribution in [-0.4, -0.2) is 15.7 Å². The van der Waals surface area contributed by atoms with Crippen molar-refractivity contribution in [2.24, 2.45) is 5.92 Å². The molecule has 1 aromatic heterocycles. The van der Waals surface area contributed by atoms with E-state index < -0.39 is 0 Å². The van der Waals surface area contributed by atoms with E-state index in [4.69, 9.17) is 0 Å². The average Bonchev–Trinajstić information content (AvgIpc) is 2.75. The molecule has 0 unspecified atom stereocenters. The minimum atomic E-state index is 0.00928. The molecule has 0 aliphatic rings. The van der Waals surface area contributed by atoms with Crippen molar-refractivity contribution in [3.63, 3.8) is 0 Å². The molecular formula is C19H27N3O. The van der Waals surface area contributed by atoms with Crippen molar-refractivity contribution < 1.29 is 4.79 Å². The number of benzene rings is 1. The number of nitrogens with zero attached hydrogens (tertiary/aromatic N) is 2. The smallest absolute Gasteiger partial charge is 0.225 e. The molecule has 1 N–H and O–H groups in total. The van der Waals surface area contributed by atoms with Gasteiger partial charge in [-0.25, -0.2) is 0 Å². The molecule has 1 amide bonds. The van der Waals surface area contributed by atoms with Crippen molar-refractivity contribution in [3.8, 4) is 0 Å². The highest BCUT2D eigenvalue weighted by Gasteiger charge is 2.17. The maximum absolute atomic E-state index is 12.4. The van der Waals surface area contributed by atoms with Gasteiger partial charge in [0.05, 0.1) is 18.2 Å². The minimum absolute atomic E-state index is 0.00928. The van der Waals surface area contributed by atoms with E-state index in [0.29, 0.717) is 12.3 Å². The van der Waals surface area contributed by atoms with Crippen LogP contribution < -0.4 is 5.32 Å². The second kappa shape index (κ2) is 7.44. The number of hydrogen-bond donors (Lipinski definition) is 1. The predicted octanol–water partition coefficient (Wildman–Crippen LogP) is 3.58. The largest absolute Gasteiger partial charge is 0.349 e. The molecule has 0 aliphatic carbocycles. The SMILES string of the molecule is Cc1nn(CC(C)C)c(C)c1CC(=O)N[C@H](C)c1ccccc1. The summed E-state index contributed by atoms with van der Waals surface area (Å²) in [7, 11) is 0. The molecule has 4 nitrogen and oxygen atoms in total. The van der Waals surface area contributed by atoms with Crippen LogP contribution >= 0.6 is 0 Å². The zero-order chi connectivity index (χ0) is 17.0. The van der Waals surface area contributed by atoms with Gasteiger partial charge in [-0.2, -0.15) is 5.10 Å². The summed E-state index contributed by atoms with van der Waals surface area (Å²) < 4.78 is 2.02. The number of aromatic nitrogens is 2. The van der Waals surface area contributed by atoms with Crippen LogP contribution in [0.25, 0.3) is 0 Å². The second-order valence-electron chi connectivity index (χ2n) is 6.60. The molecule has 0 bridgehead atoms. The van der Waals surface area contributed by atoms with Crippen LogP contribution in [0.15, 0.2) is 30.3 Å². The Balaban J connectivity index is 2.04. The maximum Gasteiger partial charge on any atom is 0.225 e. The fourth-order valence-corrected chi connectivity index (χ4v) is 2.79. The van der Waals surface area contributed by atoms with Crippen molar-refractivity contribution in [1.82, 2.24) is 15.1 Å². The highest BCUT2D eigenvalue weighted by Crippen LogP contribution is 2.17. The van der Waals surface area contributed by atoms with E-state index in [9.17, 15) is 4.79 Å². The molecule has 1 aromatic carbocycles. The minimum Gasteiger partial charge on any atom is -0.349 e. The normalized spacial score (nSPS) is 12.4. The van der Waals surface area contributed by atoms with Crippen LogP contribution in [0.2, 0.25) is 0 Å². The lowest BCUT2D eigenvalue weighted by atomic mass is 10.1. The quantitative estimate of drug-likeness (QED) is 0.886. The molecule has 2 aromatic rings. The van der Waals surface area contributed by atoms with Crippen LogP contribution in [0.4, 0.5) is 0 Å². The van der Waals surface area contributed by atoms with Gasteiger partial charge in [-0.05, 0) is 32.3 Å². The zero-order valence-electron chi connectivity index (χ0n) is 14.8. The van der Waals surface area contributed by atoms with Gasteiger partial charge in [0.2, 0.25) is 5.91 Å². The third-order valence-corrected chi connectivity index (χ3v) is 4.08. The molecule has 1 heterocycles. The molecule has 0 fully saturated rings. The fraction of sp³-hybridized carbons (Fsp3) is 0.474. The Labute approximate surface area is 138 Å². The maximum atomic E-state index is 12.4. The van der Waals surface area contributed by atoms with E-state index in [1.165, 1.54) is 0 Å². The Bertz CT molecular complexity index is 659. The van der Waals surface area contributed by atoms with Gasteiger partial charge in [-0.1, -0.05) is 44.2 Å². The molecule has 1 atom stereocenters. The van der Waals surface area contributed by atoms with Crippen LogP contribution in [0.5, 0.6) is 0 Å². The lowest BCUT2D eigenvalue weighted by molar-refractivity contribution is -0.121. The van der Waals surface area contributed by atoms with Gasteiger partial charge >= 0.3 is 0 Å². The van der Waals surface area contributed by atoms with Crippen LogP contribution in [0, 0.1) is 19.8 Å².